The Bertz CT molecular complexity index is 805. The fourth-order valence-electron chi connectivity index (χ4n) is 5.56. The van der Waals surface area contributed by atoms with Gasteiger partial charge in [-0.1, -0.05) is 6.92 Å². The Morgan fingerprint density at radius 2 is 1.62 bits per heavy atom. The van der Waals surface area contributed by atoms with Gasteiger partial charge in [-0.2, -0.15) is 0 Å². The van der Waals surface area contributed by atoms with Gasteiger partial charge in [-0.15, -0.1) is 0 Å². The molecule has 1 saturated heterocycles. The summed E-state index contributed by atoms with van der Waals surface area (Å²) in [6, 6.07) is -0.262. The van der Waals surface area contributed by atoms with E-state index in [4.69, 9.17) is 33.5 Å². The molecule has 12 heteroatoms. The van der Waals surface area contributed by atoms with E-state index in [-0.39, 0.29) is 47.9 Å². The van der Waals surface area contributed by atoms with Gasteiger partial charge in [-0.25, -0.2) is 0 Å². The van der Waals surface area contributed by atoms with Crippen molar-refractivity contribution in [2.75, 3.05) is 59.4 Å². The van der Waals surface area contributed by atoms with E-state index in [1.807, 2.05) is 0 Å². The van der Waals surface area contributed by atoms with E-state index >= 15 is 0 Å². The van der Waals surface area contributed by atoms with Crippen molar-refractivity contribution in [1.29, 1.82) is 0 Å². The third kappa shape index (κ3) is 9.09. The van der Waals surface area contributed by atoms with Crippen LogP contribution in [-0.4, -0.2) is 106 Å². The van der Waals surface area contributed by atoms with Crippen LogP contribution in [0.3, 0.4) is 0 Å². The minimum absolute atomic E-state index is 0.000502. The molecule has 3 aliphatic rings. The number of rotatable bonds is 19. The molecule has 3 rings (SSSR count). The smallest absolute Gasteiger partial charge is 0.303 e. The third-order valence-electron chi connectivity index (χ3n) is 7.83. The molecular weight excluding hydrogens is 512 g/mol. The molecule has 0 radical (unpaired) electrons. The van der Waals surface area contributed by atoms with Crippen LogP contribution in [0.25, 0.3) is 0 Å². The van der Waals surface area contributed by atoms with Gasteiger partial charge in [0.1, 0.15) is 11.7 Å². The molecule has 2 spiro atoms. The van der Waals surface area contributed by atoms with Crippen molar-refractivity contribution < 1.29 is 47.9 Å². The van der Waals surface area contributed by atoms with Crippen LogP contribution in [0.1, 0.15) is 59.3 Å². The Kier molecular flexibility index (Phi) is 12.4. The highest BCUT2D eigenvalue weighted by Gasteiger charge is 2.75. The largest absolute Gasteiger partial charge is 0.459 e. The number of carbonyl (C=O) groups excluding carboxylic acids is 3. The Labute approximate surface area is 230 Å². The number of carbonyl (C=O) groups is 3. The van der Waals surface area contributed by atoms with Gasteiger partial charge in [-0.3, -0.25) is 14.4 Å². The molecule has 3 N–H and O–H groups in total. The number of aliphatic hydroxyl groups is 1. The second-order valence-electron chi connectivity index (χ2n) is 10.6. The van der Waals surface area contributed by atoms with Crippen LogP contribution in [0, 0.1) is 11.3 Å². The molecule has 2 aliphatic carbocycles. The molecule has 39 heavy (non-hydrogen) atoms. The summed E-state index contributed by atoms with van der Waals surface area (Å²) in [6.45, 7) is 8.29. The Hall–Kier alpha value is -1.83. The standard InChI is InChI=1S/C27H46N2O10/c1-19-26(7-8-26)24(29-20(2)31)25(39-27(19)18-22(27)38-21(3)32)37-11-5-4-6-23(33)28-9-12-34-14-16-36-17-15-35-13-10-30/h19,22,24-25,30H,4-18H2,1-3H3,(H,28,33)(H,29,31)/t19-,22?,24+,25-,27?/m1/s1. The van der Waals surface area contributed by atoms with E-state index < -0.39 is 11.9 Å². The van der Waals surface area contributed by atoms with Gasteiger partial charge in [0.25, 0.3) is 0 Å². The van der Waals surface area contributed by atoms with E-state index in [1.54, 1.807) is 0 Å². The Morgan fingerprint density at radius 3 is 2.23 bits per heavy atom. The number of hydrogen-bond donors (Lipinski definition) is 3. The average molecular weight is 559 g/mol. The molecule has 5 atom stereocenters. The Morgan fingerprint density at radius 1 is 0.949 bits per heavy atom. The van der Waals surface area contributed by atoms with E-state index in [0.29, 0.717) is 78.5 Å². The van der Waals surface area contributed by atoms with E-state index in [0.717, 1.165) is 12.8 Å². The quantitative estimate of drug-likeness (QED) is 0.153. The van der Waals surface area contributed by atoms with Gasteiger partial charge in [-0.05, 0) is 31.6 Å². The summed E-state index contributed by atoms with van der Waals surface area (Å²) in [6.07, 6.45) is 3.35. The molecule has 2 amide bonds. The van der Waals surface area contributed by atoms with E-state index in [2.05, 4.69) is 17.6 Å². The number of unbranched alkanes of at least 4 members (excludes halogenated alkanes) is 1. The number of esters is 1. The maximum atomic E-state index is 12.1. The van der Waals surface area contributed by atoms with Gasteiger partial charge in [0.05, 0.1) is 52.3 Å². The first-order valence-electron chi connectivity index (χ1n) is 14.1. The zero-order chi connectivity index (χ0) is 28.3. The lowest BCUT2D eigenvalue weighted by molar-refractivity contribution is -0.262. The molecule has 0 bridgehead atoms. The second kappa shape index (κ2) is 15.2. The zero-order valence-electron chi connectivity index (χ0n) is 23.5. The fraction of sp³-hybridized carbons (Fsp3) is 0.889. The SMILES string of the molecule is CC(=O)N[C@H]1[C@H](OCCCCC(=O)NCCOCCOCCOCCO)OC2(CC2OC(C)=O)[C@H](C)C12CC2. The predicted molar refractivity (Wildman–Crippen MR) is 139 cm³/mol. The van der Waals surface area contributed by atoms with Crippen LogP contribution in [0.15, 0.2) is 0 Å². The molecular formula is C27H46N2O10. The van der Waals surface area contributed by atoms with Crippen LogP contribution in [0.4, 0.5) is 0 Å². The summed E-state index contributed by atoms with van der Waals surface area (Å²) in [5.74, 6) is -0.373. The lowest BCUT2D eigenvalue weighted by Gasteiger charge is -2.47. The van der Waals surface area contributed by atoms with Crippen molar-refractivity contribution in [2.24, 2.45) is 11.3 Å². The summed E-state index contributed by atoms with van der Waals surface area (Å²) in [7, 11) is 0. The first kappa shape index (κ1) is 31.7. The number of aliphatic hydroxyl groups excluding tert-OH is 1. The first-order chi connectivity index (χ1) is 18.7. The van der Waals surface area contributed by atoms with Crippen molar-refractivity contribution in [3.05, 3.63) is 0 Å². The molecule has 224 valence electrons. The lowest BCUT2D eigenvalue weighted by Crippen LogP contribution is -2.61. The summed E-state index contributed by atoms with van der Waals surface area (Å²) in [4.78, 5) is 35.6. The molecule has 0 aromatic carbocycles. The van der Waals surface area contributed by atoms with Crippen LogP contribution in [0.2, 0.25) is 0 Å². The maximum absolute atomic E-state index is 12.1. The minimum atomic E-state index is -0.629. The monoisotopic (exact) mass is 558 g/mol. The van der Waals surface area contributed by atoms with Crippen molar-refractivity contribution in [1.82, 2.24) is 10.6 Å². The normalized spacial score (nSPS) is 28.3. The van der Waals surface area contributed by atoms with Crippen LogP contribution in [-0.2, 0) is 42.8 Å². The topological polar surface area (TPSA) is 151 Å². The van der Waals surface area contributed by atoms with Gasteiger partial charge in [0.2, 0.25) is 11.8 Å². The number of nitrogens with one attached hydrogen (secondary N) is 2. The fourth-order valence-corrected chi connectivity index (χ4v) is 5.56. The molecule has 0 aromatic rings. The molecule has 1 heterocycles. The molecule has 2 unspecified atom stereocenters. The highest BCUT2D eigenvalue weighted by Crippen LogP contribution is 2.68. The maximum Gasteiger partial charge on any atom is 0.303 e. The highest BCUT2D eigenvalue weighted by molar-refractivity contribution is 5.75. The highest BCUT2D eigenvalue weighted by atomic mass is 16.7. The number of ether oxygens (including phenoxy) is 6. The van der Waals surface area contributed by atoms with Crippen LogP contribution < -0.4 is 10.6 Å². The lowest BCUT2D eigenvalue weighted by atomic mass is 9.75. The number of amides is 2. The summed E-state index contributed by atoms with van der Waals surface area (Å²) in [5, 5.41) is 14.5. The molecule has 0 aromatic heterocycles. The molecule has 1 aliphatic heterocycles. The molecule has 3 fully saturated rings. The van der Waals surface area contributed by atoms with Gasteiger partial charge < -0.3 is 44.2 Å². The van der Waals surface area contributed by atoms with Gasteiger partial charge in [0.15, 0.2) is 6.29 Å². The van der Waals surface area contributed by atoms with Crippen LogP contribution >= 0.6 is 0 Å². The Balaban J connectivity index is 1.30. The van der Waals surface area contributed by atoms with Crippen LogP contribution in [0.5, 0.6) is 0 Å². The second-order valence-corrected chi connectivity index (χ2v) is 10.6. The summed E-state index contributed by atoms with van der Waals surface area (Å²) in [5.41, 5.74) is -0.684. The summed E-state index contributed by atoms with van der Waals surface area (Å²) >= 11 is 0. The van der Waals surface area contributed by atoms with Crippen molar-refractivity contribution in [3.8, 4) is 0 Å². The number of hydrogen-bond acceptors (Lipinski definition) is 10. The minimum Gasteiger partial charge on any atom is -0.459 e. The third-order valence-corrected chi connectivity index (χ3v) is 7.83. The van der Waals surface area contributed by atoms with Crippen molar-refractivity contribution in [3.63, 3.8) is 0 Å². The van der Waals surface area contributed by atoms with Gasteiger partial charge >= 0.3 is 5.97 Å². The van der Waals surface area contributed by atoms with Crippen molar-refractivity contribution >= 4 is 17.8 Å². The zero-order valence-corrected chi connectivity index (χ0v) is 23.5. The predicted octanol–water partition coefficient (Wildman–Crippen LogP) is 0.683. The summed E-state index contributed by atoms with van der Waals surface area (Å²) < 4.78 is 33.9. The van der Waals surface area contributed by atoms with Gasteiger partial charge in [0, 0.05) is 45.3 Å². The van der Waals surface area contributed by atoms with E-state index in [9.17, 15) is 14.4 Å². The molecule has 12 nitrogen and oxygen atoms in total. The first-order valence-corrected chi connectivity index (χ1v) is 14.1. The van der Waals surface area contributed by atoms with Crippen molar-refractivity contribution in [2.45, 2.75) is 83.3 Å². The van der Waals surface area contributed by atoms with E-state index in [1.165, 1.54) is 13.8 Å². The average Bonchev–Trinajstić information content (AvgIpc) is 3.80. The molecule has 2 saturated carbocycles.